The molecule has 3 nitrogen and oxygen atoms in total. The van der Waals surface area contributed by atoms with E-state index in [4.69, 9.17) is 10.00 Å². The second-order valence-electron chi connectivity index (χ2n) is 4.53. The summed E-state index contributed by atoms with van der Waals surface area (Å²) in [5, 5.41) is 11.9. The number of halogens is 2. The van der Waals surface area contributed by atoms with E-state index in [1.807, 2.05) is 31.3 Å². The van der Waals surface area contributed by atoms with E-state index in [0.29, 0.717) is 17.7 Å². The molecule has 5 heteroatoms. The molecule has 1 N–H and O–H groups in total. The van der Waals surface area contributed by atoms with Crippen LogP contribution in [0.2, 0.25) is 0 Å². The van der Waals surface area contributed by atoms with Gasteiger partial charge in [0.05, 0.1) is 11.6 Å². The molecule has 0 aliphatic heterocycles. The SMILES string of the molecule is CNCc1cc(Br)ccc1OCc1cc(F)cc(C#N)c1. The van der Waals surface area contributed by atoms with Crippen molar-refractivity contribution in [2.24, 2.45) is 0 Å². The highest BCUT2D eigenvalue weighted by atomic mass is 79.9. The third-order valence-electron chi connectivity index (χ3n) is 2.87. The number of nitriles is 1. The molecule has 0 saturated carbocycles. The number of ether oxygens (including phenoxy) is 1. The summed E-state index contributed by atoms with van der Waals surface area (Å²) in [6, 6.07) is 11.9. The summed E-state index contributed by atoms with van der Waals surface area (Å²) in [6.07, 6.45) is 0. The molecule has 0 aliphatic carbocycles. The van der Waals surface area contributed by atoms with Gasteiger partial charge in [0.15, 0.2) is 0 Å². The van der Waals surface area contributed by atoms with Crippen LogP contribution in [0.3, 0.4) is 0 Å². The van der Waals surface area contributed by atoms with E-state index < -0.39 is 5.82 Å². The van der Waals surface area contributed by atoms with Crippen molar-refractivity contribution in [1.29, 1.82) is 5.26 Å². The van der Waals surface area contributed by atoms with E-state index in [0.717, 1.165) is 15.8 Å². The zero-order valence-corrected chi connectivity index (χ0v) is 13.1. The Balaban J connectivity index is 2.16. The van der Waals surface area contributed by atoms with Crippen molar-refractivity contribution in [2.45, 2.75) is 13.2 Å². The number of hydrogen-bond donors (Lipinski definition) is 1. The van der Waals surface area contributed by atoms with Gasteiger partial charge in [-0.1, -0.05) is 15.9 Å². The van der Waals surface area contributed by atoms with Gasteiger partial charge in [0.1, 0.15) is 18.2 Å². The molecule has 0 aromatic heterocycles. The molecule has 0 aliphatic rings. The van der Waals surface area contributed by atoms with Gasteiger partial charge in [-0.2, -0.15) is 5.26 Å². The molecule has 0 radical (unpaired) electrons. The molecular weight excluding hydrogens is 335 g/mol. The minimum Gasteiger partial charge on any atom is -0.489 e. The average molecular weight is 349 g/mol. The van der Waals surface area contributed by atoms with Crippen LogP contribution in [0, 0.1) is 17.1 Å². The van der Waals surface area contributed by atoms with Crippen LogP contribution in [0.25, 0.3) is 0 Å². The molecule has 0 amide bonds. The highest BCUT2D eigenvalue weighted by Crippen LogP contribution is 2.24. The van der Waals surface area contributed by atoms with Gasteiger partial charge in [0.25, 0.3) is 0 Å². The first-order chi connectivity index (χ1) is 10.1. The van der Waals surface area contributed by atoms with Crippen LogP contribution in [-0.4, -0.2) is 7.05 Å². The van der Waals surface area contributed by atoms with E-state index >= 15 is 0 Å². The Bertz CT molecular complexity index is 682. The molecule has 0 saturated heterocycles. The number of rotatable bonds is 5. The minimum atomic E-state index is -0.432. The third kappa shape index (κ3) is 4.28. The van der Waals surface area contributed by atoms with E-state index in [1.165, 1.54) is 12.1 Å². The Labute approximate surface area is 131 Å². The number of nitrogens with one attached hydrogen (secondary N) is 1. The van der Waals surface area contributed by atoms with Crippen molar-refractivity contribution in [2.75, 3.05) is 7.05 Å². The second kappa shape index (κ2) is 7.21. The number of benzene rings is 2. The normalized spacial score (nSPS) is 10.2. The van der Waals surface area contributed by atoms with Crippen LogP contribution < -0.4 is 10.1 Å². The highest BCUT2D eigenvalue weighted by molar-refractivity contribution is 9.10. The topological polar surface area (TPSA) is 45.0 Å². The molecule has 0 atom stereocenters. The standard InChI is InChI=1S/C16H14BrFN2O/c1-20-9-13-7-14(17)2-3-16(13)21-10-12-4-11(8-19)5-15(18)6-12/h2-7,20H,9-10H2,1H3. The van der Waals surface area contributed by atoms with Gasteiger partial charge in [-0.25, -0.2) is 4.39 Å². The Hall–Kier alpha value is -1.90. The zero-order valence-electron chi connectivity index (χ0n) is 11.5. The summed E-state index contributed by atoms with van der Waals surface area (Å²) in [7, 11) is 1.86. The van der Waals surface area contributed by atoms with Crippen LogP contribution in [0.4, 0.5) is 4.39 Å². The number of nitrogens with zero attached hydrogens (tertiary/aromatic N) is 1. The maximum absolute atomic E-state index is 13.4. The molecule has 108 valence electrons. The van der Waals surface area contributed by atoms with E-state index in [9.17, 15) is 4.39 Å². The zero-order chi connectivity index (χ0) is 15.2. The Morgan fingerprint density at radius 3 is 2.81 bits per heavy atom. The Morgan fingerprint density at radius 2 is 2.10 bits per heavy atom. The van der Waals surface area contributed by atoms with Crippen molar-refractivity contribution in [1.82, 2.24) is 5.32 Å². The molecule has 2 rings (SSSR count). The van der Waals surface area contributed by atoms with Crippen molar-refractivity contribution < 1.29 is 9.13 Å². The predicted molar refractivity (Wildman–Crippen MR) is 82.4 cm³/mol. The lowest BCUT2D eigenvalue weighted by atomic mass is 10.1. The summed E-state index contributed by atoms with van der Waals surface area (Å²) in [5.41, 5.74) is 1.92. The lowest BCUT2D eigenvalue weighted by molar-refractivity contribution is 0.301. The van der Waals surface area contributed by atoms with Crippen molar-refractivity contribution >= 4 is 15.9 Å². The molecule has 0 bridgehead atoms. The largest absolute Gasteiger partial charge is 0.489 e. The summed E-state index contributed by atoms with van der Waals surface area (Å²) < 4.78 is 20.1. The lowest BCUT2D eigenvalue weighted by Gasteiger charge is -2.12. The lowest BCUT2D eigenvalue weighted by Crippen LogP contribution is -2.07. The molecule has 2 aromatic rings. The fourth-order valence-corrected chi connectivity index (χ4v) is 2.39. The van der Waals surface area contributed by atoms with E-state index in [2.05, 4.69) is 21.2 Å². The summed E-state index contributed by atoms with van der Waals surface area (Å²) in [4.78, 5) is 0. The minimum absolute atomic E-state index is 0.213. The van der Waals surface area contributed by atoms with Gasteiger partial charge in [-0.15, -0.1) is 0 Å². The number of hydrogen-bond acceptors (Lipinski definition) is 3. The smallest absolute Gasteiger partial charge is 0.124 e. The van der Waals surface area contributed by atoms with Gasteiger partial charge in [0.2, 0.25) is 0 Å². The first-order valence-electron chi connectivity index (χ1n) is 6.38. The molecule has 0 fully saturated rings. The highest BCUT2D eigenvalue weighted by Gasteiger charge is 2.06. The third-order valence-corrected chi connectivity index (χ3v) is 3.36. The van der Waals surface area contributed by atoms with Gasteiger partial charge in [0, 0.05) is 16.6 Å². The Morgan fingerprint density at radius 1 is 1.29 bits per heavy atom. The van der Waals surface area contributed by atoms with Gasteiger partial charge in [-0.3, -0.25) is 0 Å². The Kier molecular flexibility index (Phi) is 5.32. The van der Waals surface area contributed by atoms with Crippen LogP contribution in [0.5, 0.6) is 5.75 Å². The summed E-state index contributed by atoms with van der Waals surface area (Å²) in [6.45, 7) is 0.881. The molecular formula is C16H14BrFN2O. The summed E-state index contributed by atoms with van der Waals surface area (Å²) >= 11 is 3.42. The van der Waals surface area contributed by atoms with Crippen LogP contribution in [0.15, 0.2) is 40.9 Å². The molecule has 0 heterocycles. The van der Waals surface area contributed by atoms with Crippen LogP contribution in [-0.2, 0) is 13.2 Å². The fourth-order valence-electron chi connectivity index (χ4n) is 1.98. The molecule has 0 spiro atoms. The van der Waals surface area contributed by atoms with Gasteiger partial charge < -0.3 is 10.1 Å². The maximum Gasteiger partial charge on any atom is 0.124 e. The van der Waals surface area contributed by atoms with Crippen LogP contribution >= 0.6 is 15.9 Å². The second-order valence-corrected chi connectivity index (χ2v) is 5.45. The van der Waals surface area contributed by atoms with E-state index in [-0.39, 0.29) is 6.61 Å². The molecule has 0 unspecified atom stereocenters. The quantitative estimate of drug-likeness (QED) is 0.894. The monoisotopic (exact) mass is 348 g/mol. The van der Waals surface area contributed by atoms with Crippen molar-refractivity contribution in [3.05, 3.63) is 63.4 Å². The van der Waals surface area contributed by atoms with Crippen molar-refractivity contribution in [3.8, 4) is 11.8 Å². The molecule has 2 aromatic carbocycles. The van der Waals surface area contributed by atoms with Gasteiger partial charge >= 0.3 is 0 Å². The predicted octanol–water partition coefficient (Wildman–Crippen LogP) is 3.76. The fraction of sp³-hybridized carbons (Fsp3) is 0.188. The average Bonchev–Trinajstić information content (AvgIpc) is 2.46. The van der Waals surface area contributed by atoms with Gasteiger partial charge in [-0.05, 0) is 49.0 Å². The van der Waals surface area contributed by atoms with Crippen LogP contribution in [0.1, 0.15) is 16.7 Å². The first kappa shape index (κ1) is 15.5. The summed E-state index contributed by atoms with van der Waals surface area (Å²) in [5.74, 6) is 0.300. The molecule has 21 heavy (non-hydrogen) atoms. The first-order valence-corrected chi connectivity index (χ1v) is 7.17. The van der Waals surface area contributed by atoms with Crippen molar-refractivity contribution in [3.63, 3.8) is 0 Å². The van der Waals surface area contributed by atoms with E-state index in [1.54, 1.807) is 6.07 Å². The maximum atomic E-state index is 13.4.